The third-order valence-corrected chi connectivity index (χ3v) is 0.911. The lowest BCUT2D eigenvalue weighted by atomic mass is 10.7. The lowest BCUT2D eigenvalue weighted by molar-refractivity contribution is 0.150. The minimum absolute atomic E-state index is 0.360. The quantitative estimate of drug-likeness (QED) is 0.574. The maximum absolute atomic E-state index is 10.8. The summed E-state index contributed by atoms with van der Waals surface area (Å²) in [6.45, 7) is 2.10. The highest BCUT2D eigenvalue weighted by Crippen LogP contribution is 1.86. The Kier molecular flexibility index (Phi) is 2.04. The lowest BCUT2D eigenvalue weighted by Crippen LogP contribution is -2.13. The first-order chi connectivity index (χ1) is 4.84. The summed E-state index contributed by atoms with van der Waals surface area (Å²) in [4.78, 5) is 10.8. The van der Waals surface area contributed by atoms with Gasteiger partial charge in [0, 0.05) is 6.20 Å². The largest absolute Gasteiger partial charge is 0.448 e. The predicted octanol–water partition coefficient (Wildman–Crippen LogP) is 0.688. The molecule has 0 unspecified atom stereocenters. The molecule has 0 N–H and O–H groups in total. The molecule has 53 valence electrons. The smallest absolute Gasteiger partial charge is 0.434 e. The van der Waals surface area contributed by atoms with E-state index in [2.05, 4.69) is 16.0 Å². The number of hydrogen-bond acceptors (Lipinski definition) is 3. The highest BCUT2D eigenvalue weighted by atomic mass is 16.5. The van der Waals surface area contributed by atoms with Crippen LogP contribution in [0.25, 0.3) is 0 Å². The fourth-order valence-corrected chi connectivity index (χ4v) is 0.524. The van der Waals surface area contributed by atoms with Gasteiger partial charge in [0.2, 0.25) is 0 Å². The van der Waals surface area contributed by atoms with Crippen molar-refractivity contribution in [2.75, 3.05) is 6.61 Å². The molecule has 0 aliphatic rings. The molecule has 10 heavy (non-hydrogen) atoms. The zero-order valence-electron chi connectivity index (χ0n) is 5.57. The van der Waals surface area contributed by atoms with Crippen molar-refractivity contribution >= 4 is 6.09 Å². The molecule has 4 heteroatoms. The molecule has 1 heterocycles. The van der Waals surface area contributed by atoms with Crippen LogP contribution in [0.2, 0.25) is 0 Å². The molecule has 0 aliphatic heterocycles. The van der Waals surface area contributed by atoms with E-state index in [1.165, 1.54) is 12.3 Å². The van der Waals surface area contributed by atoms with E-state index in [1.807, 2.05) is 0 Å². The Labute approximate surface area is 58.4 Å². The van der Waals surface area contributed by atoms with Crippen molar-refractivity contribution in [3.8, 4) is 0 Å². The van der Waals surface area contributed by atoms with Crippen LogP contribution in [0.1, 0.15) is 6.92 Å². The van der Waals surface area contributed by atoms with Crippen LogP contribution >= 0.6 is 0 Å². The molecular weight excluding hydrogens is 132 g/mol. The van der Waals surface area contributed by atoms with E-state index in [4.69, 9.17) is 0 Å². The SMILES string of the molecule is CCOC(=O)n1cc[c]n1. The van der Waals surface area contributed by atoms with Crippen LogP contribution in [0.4, 0.5) is 4.79 Å². The van der Waals surface area contributed by atoms with Gasteiger partial charge < -0.3 is 4.74 Å². The zero-order valence-corrected chi connectivity index (χ0v) is 5.57. The van der Waals surface area contributed by atoms with Gasteiger partial charge in [-0.25, -0.2) is 4.79 Å². The standard InChI is InChI=1S/C6H7N2O2/c1-2-10-6(9)8-5-3-4-7-8/h3,5H,2H2,1H3. The van der Waals surface area contributed by atoms with Crippen molar-refractivity contribution in [1.29, 1.82) is 0 Å². The fraction of sp³-hybridized carbons (Fsp3) is 0.333. The Hall–Kier alpha value is -1.32. The molecule has 0 bridgehead atoms. The second-order valence-corrected chi connectivity index (χ2v) is 1.59. The van der Waals surface area contributed by atoms with Gasteiger partial charge in [0.15, 0.2) is 0 Å². The number of rotatable bonds is 1. The van der Waals surface area contributed by atoms with Crippen molar-refractivity contribution in [2.45, 2.75) is 6.92 Å². The molecule has 1 aromatic rings. The van der Waals surface area contributed by atoms with Gasteiger partial charge in [-0.3, -0.25) is 0 Å². The average Bonchev–Trinajstić information content (AvgIpc) is 2.38. The fourth-order valence-electron chi connectivity index (χ4n) is 0.524. The van der Waals surface area contributed by atoms with Gasteiger partial charge in [-0.1, -0.05) is 0 Å². The van der Waals surface area contributed by atoms with Gasteiger partial charge >= 0.3 is 6.09 Å². The molecule has 1 aromatic heterocycles. The van der Waals surface area contributed by atoms with Gasteiger partial charge in [-0.15, -0.1) is 0 Å². The van der Waals surface area contributed by atoms with Crippen molar-refractivity contribution in [1.82, 2.24) is 9.78 Å². The van der Waals surface area contributed by atoms with Gasteiger partial charge in [-0.2, -0.15) is 9.78 Å². The van der Waals surface area contributed by atoms with Gasteiger partial charge in [0.25, 0.3) is 0 Å². The lowest BCUT2D eigenvalue weighted by Gasteiger charge is -1.97. The average molecular weight is 139 g/mol. The first-order valence-electron chi connectivity index (χ1n) is 2.93. The molecule has 1 rings (SSSR count). The molecule has 0 saturated carbocycles. The van der Waals surface area contributed by atoms with Crippen molar-refractivity contribution < 1.29 is 9.53 Å². The Morgan fingerprint density at radius 2 is 2.70 bits per heavy atom. The van der Waals surface area contributed by atoms with Crippen LogP contribution in [0.15, 0.2) is 12.3 Å². The van der Waals surface area contributed by atoms with E-state index >= 15 is 0 Å². The first-order valence-corrected chi connectivity index (χ1v) is 2.93. The van der Waals surface area contributed by atoms with E-state index < -0.39 is 6.09 Å². The molecule has 0 amide bonds. The summed E-state index contributed by atoms with van der Waals surface area (Å²) in [7, 11) is 0. The number of nitrogens with zero attached hydrogens (tertiary/aromatic N) is 2. The Bertz CT molecular complexity index is 206. The molecule has 0 atom stereocenters. The molecule has 0 aliphatic carbocycles. The van der Waals surface area contributed by atoms with Crippen LogP contribution in [0.5, 0.6) is 0 Å². The molecule has 0 fully saturated rings. The number of hydrogen-bond donors (Lipinski definition) is 0. The summed E-state index contributed by atoms with van der Waals surface area (Å²) in [5, 5.41) is 3.55. The van der Waals surface area contributed by atoms with Crippen LogP contribution in [0, 0.1) is 6.20 Å². The number of carbonyl (C=O) groups excluding carboxylic acids is 1. The summed E-state index contributed by atoms with van der Waals surface area (Å²) >= 11 is 0. The van der Waals surface area contributed by atoms with Gasteiger partial charge in [0.1, 0.15) is 6.20 Å². The first kappa shape index (κ1) is 6.80. The number of carbonyl (C=O) groups is 1. The summed E-state index contributed by atoms with van der Waals surface area (Å²) in [5.74, 6) is 0. The highest BCUT2D eigenvalue weighted by molar-refractivity contribution is 5.68. The van der Waals surface area contributed by atoms with Crippen molar-refractivity contribution in [3.05, 3.63) is 18.5 Å². The van der Waals surface area contributed by atoms with Crippen molar-refractivity contribution in [2.24, 2.45) is 0 Å². The van der Waals surface area contributed by atoms with Crippen LogP contribution in [0.3, 0.4) is 0 Å². The second-order valence-electron chi connectivity index (χ2n) is 1.59. The monoisotopic (exact) mass is 139 g/mol. The van der Waals surface area contributed by atoms with Crippen LogP contribution in [-0.2, 0) is 4.74 Å². The van der Waals surface area contributed by atoms with Crippen LogP contribution in [-0.4, -0.2) is 22.5 Å². The van der Waals surface area contributed by atoms with Gasteiger partial charge in [-0.05, 0) is 13.0 Å². The second kappa shape index (κ2) is 3.00. The zero-order chi connectivity index (χ0) is 7.40. The highest BCUT2D eigenvalue weighted by Gasteiger charge is 2.01. The maximum atomic E-state index is 10.8. The summed E-state index contributed by atoms with van der Waals surface area (Å²) in [5.41, 5.74) is 0. The van der Waals surface area contributed by atoms with E-state index in [0.717, 1.165) is 4.68 Å². The van der Waals surface area contributed by atoms with Crippen molar-refractivity contribution in [3.63, 3.8) is 0 Å². The van der Waals surface area contributed by atoms with E-state index in [-0.39, 0.29) is 0 Å². The molecule has 0 aromatic carbocycles. The molecule has 0 spiro atoms. The predicted molar refractivity (Wildman–Crippen MR) is 33.5 cm³/mol. The molecular formula is C6H7N2O2. The molecule has 0 saturated heterocycles. The van der Waals surface area contributed by atoms with Gasteiger partial charge in [0.05, 0.1) is 6.61 Å². The topological polar surface area (TPSA) is 44.1 Å². The third kappa shape index (κ3) is 1.34. The Morgan fingerprint density at radius 3 is 3.20 bits per heavy atom. The third-order valence-electron chi connectivity index (χ3n) is 0.911. The number of aromatic nitrogens is 2. The summed E-state index contributed by atoms with van der Waals surface area (Å²) < 4.78 is 5.71. The minimum atomic E-state index is -0.469. The van der Waals surface area contributed by atoms with E-state index in [0.29, 0.717) is 6.61 Å². The number of ether oxygens (including phenoxy) is 1. The Balaban J connectivity index is 2.59. The Morgan fingerprint density at radius 1 is 1.90 bits per heavy atom. The minimum Gasteiger partial charge on any atom is -0.448 e. The molecule has 4 nitrogen and oxygen atoms in total. The molecule has 1 radical (unpaired) electrons. The maximum Gasteiger partial charge on any atom is 0.434 e. The summed E-state index contributed by atoms with van der Waals surface area (Å²) in [6, 6.07) is 1.54. The normalized spacial score (nSPS) is 9.30. The van der Waals surface area contributed by atoms with E-state index in [1.54, 1.807) is 6.92 Å². The van der Waals surface area contributed by atoms with Crippen LogP contribution < -0.4 is 0 Å². The van der Waals surface area contributed by atoms with E-state index in [9.17, 15) is 4.79 Å². The summed E-state index contributed by atoms with van der Waals surface area (Å²) in [6.07, 6.45) is 3.50.